The molecule has 0 aromatic rings. The molecule has 5 rings (SSSR count). The number of oxime groups is 1. The Kier molecular flexibility index (Phi) is 1.09. The molecule has 1 heterocycles. The van der Waals surface area contributed by atoms with Gasteiger partial charge in [-0.1, -0.05) is 5.16 Å². The summed E-state index contributed by atoms with van der Waals surface area (Å²) in [5, 5.41) is 4.04. The summed E-state index contributed by atoms with van der Waals surface area (Å²) in [6.07, 6.45) is 5.91. The van der Waals surface area contributed by atoms with E-state index in [1.54, 1.807) is 0 Å². The summed E-state index contributed by atoms with van der Waals surface area (Å²) in [4.78, 5) is 16.7. The molecular formula is C11H13NO2. The van der Waals surface area contributed by atoms with Crippen LogP contribution in [0.15, 0.2) is 5.16 Å². The summed E-state index contributed by atoms with van der Waals surface area (Å²) in [6.45, 7) is 0. The van der Waals surface area contributed by atoms with E-state index in [1.807, 2.05) is 0 Å². The molecule has 2 atom stereocenters. The lowest BCUT2D eigenvalue weighted by atomic mass is 9.49. The van der Waals surface area contributed by atoms with E-state index in [-0.39, 0.29) is 11.4 Å². The Hall–Kier alpha value is -0.860. The number of carbonyl (C=O) groups is 1. The molecule has 1 spiro atoms. The Morgan fingerprint density at radius 2 is 1.93 bits per heavy atom. The standard InChI is InChI=1S/C11H13NO2/c13-10-11-4-6-1-7(5-11)3-8(2-6)9(11)12-14-10/h6-8H,1-5H2. The molecule has 0 saturated heterocycles. The molecule has 4 fully saturated rings. The van der Waals surface area contributed by atoms with Gasteiger partial charge in [0.2, 0.25) is 0 Å². The van der Waals surface area contributed by atoms with Crippen LogP contribution in [0.2, 0.25) is 0 Å². The van der Waals surface area contributed by atoms with Gasteiger partial charge < -0.3 is 4.84 Å². The number of rotatable bonds is 0. The minimum atomic E-state index is -0.241. The van der Waals surface area contributed by atoms with Crippen molar-refractivity contribution in [2.24, 2.45) is 28.3 Å². The third kappa shape index (κ3) is 0.645. The molecule has 0 N–H and O–H groups in total. The highest BCUT2D eigenvalue weighted by atomic mass is 16.7. The van der Waals surface area contributed by atoms with Gasteiger partial charge in [0.15, 0.2) is 0 Å². The summed E-state index contributed by atoms with van der Waals surface area (Å²) in [5.74, 6) is 2.08. The van der Waals surface area contributed by atoms with Crippen LogP contribution in [0, 0.1) is 23.2 Å². The molecule has 4 aliphatic carbocycles. The largest absolute Gasteiger partial charge is 0.346 e. The Morgan fingerprint density at radius 3 is 2.64 bits per heavy atom. The molecule has 3 nitrogen and oxygen atoms in total. The van der Waals surface area contributed by atoms with Crippen LogP contribution in [0.3, 0.4) is 0 Å². The maximum Gasteiger partial charge on any atom is 0.346 e. The summed E-state index contributed by atoms with van der Waals surface area (Å²) >= 11 is 0. The van der Waals surface area contributed by atoms with Gasteiger partial charge in [0, 0.05) is 5.92 Å². The second-order valence-corrected chi connectivity index (χ2v) is 5.48. The zero-order valence-electron chi connectivity index (χ0n) is 8.03. The zero-order chi connectivity index (χ0) is 9.34. The quantitative estimate of drug-likeness (QED) is 0.547. The first-order valence-corrected chi connectivity index (χ1v) is 5.58. The average Bonchev–Trinajstić information content (AvgIpc) is 2.43. The fourth-order valence-electron chi connectivity index (χ4n) is 4.40. The maximum atomic E-state index is 11.8. The highest BCUT2D eigenvalue weighted by molar-refractivity contribution is 6.11. The van der Waals surface area contributed by atoms with Crippen LogP contribution in [-0.4, -0.2) is 11.7 Å². The lowest BCUT2D eigenvalue weighted by Crippen LogP contribution is -2.54. The van der Waals surface area contributed by atoms with E-state index in [4.69, 9.17) is 4.84 Å². The second-order valence-electron chi connectivity index (χ2n) is 5.48. The van der Waals surface area contributed by atoms with Crippen LogP contribution in [0.25, 0.3) is 0 Å². The fourth-order valence-corrected chi connectivity index (χ4v) is 4.40. The molecular weight excluding hydrogens is 178 g/mol. The topological polar surface area (TPSA) is 38.7 Å². The van der Waals surface area contributed by atoms with Crippen molar-refractivity contribution >= 4 is 11.7 Å². The van der Waals surface area contributed by atoms with Gasteiger partial charge in [0.25, 0.3) is 0 Å². The monoisotopic (exact) mass is 191 g/mol. The van der Waals surface area contributed by atoms with Gasteiger partial charge in [0.05, 0.1) is 5.71 Å². The fraction of sp³-hybridized carbons (Fsp3) is 0.818. The van der Waals surface area contributed by atoms with E-state index in [1.165, 1.54) is 19.3 Å². The molecule has 0 radical (unpaired) electrons. The van der Waals surface area contributed by atoms with Crippen LogP contribution in [-0.2, 0) is 9.63 Å². The molecule has 2 unspecified atom stereocenters. The van der Waals surface area contributed by atoms with Crippen molar-refractivity contribution in [3.8, 4) is 0 Å². The second kappa shape index (κ2) is 2.05. The molecule has 4 bridgehead atoms. The Morgan fingerprint density at radius 1 is 1.21 bits per heavy atom. The van der Waals surface area contributed by atoms with Crippen molar-refractivity contribution in [3.05, 3.63) is 0 Å². The van der Waals surface area contributed by atoms with E-state index in [0.717, 1.165) is 30.4 Å². The average molecular weight is 191 g/mol. The van der Waals surface area contributed by atoms with Crippen LogP contribution in [0.1, 0.15) is 32.1 Å². The van der Waals surface area contributed by atoms with Gasteiger partial charge in [-0.15, -0.1) is 0 Å². The Balaban J connectivity index is 1.90. The summed E-state index contributed by atoms with van der Waals surface area (Å²) in [7, 11) is 0. The summed E-state index contributed by atoms with van der Waals surface area (Å²) < 4.78 is 0. The maximum absolute atomic E-state index is 11.8. The molecule has 0 aromatic carbocycles. The molecule has 74 valence electrons. The molecule has 0 aromatic heterocycles. The molecule has 14 heavy (non-hydrogen) atoms. The normalized spacial score (nSPS) is 53.0. The van der Waals surface area contributed by atoms with Crippen LogP contribution < -0.4 is 0 Å². The van der Waals surface area contributed by atoms with Gasteiger partial charge in [-0.3, -0.25) is 0 Å². The van der Waals surface area contributed by atoms with E-state index < -0.39 is 0 Å². The molecule has 0 amide bonds. The number of carbonyl (C=O) groups excluding carboxylic acids is 1. The first-order valence-electron chi connectivity index (χ1n) is 5.58. The smallest absolute Gasteiger partial charge is 0.317 e. The minimum Gasteiger partial charge on any atom is -0.317 e. The highest BCUT2D eigenvalue weighted by Crippen LogP contribution is 2.60. The van der Waals surface area contributed by atoms with E-state index >= 15 is 0 Å². The van der Waals surface area contributed by atoms with E-state index in [9.17, 15) is 4.79 Å². The third-order valence-electron chi connectivity index (χ3n) is 4.67. The van der Waals surface area contributed by atoms with Crippen LogP contribution >= 0.6 is 0 Å². The first kappa shape index (κ1) is 7.43. The number of hydrogen-bond donors (Lipinski definition) is 0. The molecule has 3 heteroatoms. The lowest BCUT2D eigenvalue weighted by Gasteiger charge is -2.52. The van der Waals surface area contributed by atoms with Crippen molar-refractivity contribution < 1.29 is 9.63 Å². The van der Waals surface area contributed by atoms with Gasteiger partial charge in [-0.2, -0.15) is 0 Å². The predicted octanol–water partition coefficient (Wildman–Crippen LogP) is 1.73. The minimum absolute atomic E-state index is 0.0494. The third-order valence-corrected chi connectivity index (χ3v) is 4.67. The number of hydrogen-bond acceptors (Lipinski definition) is 3. The zero-order valence-corrected chi connectivity index (χ0v) is 8.03. The van der Waals surface area contributed by atoms with Crippen LogP contribution in [0.5, 0.6) is 0 Å². The van der Waals surface area contributed by atoms with Gasteiger partial charge >= 0.3 is 5.97 Å². The SMILES string of the molecule is O=C1ON=C2C3CC4CC(C3)CC12C4. The van der Waals surface area contributed by atoms with Gasteiger partial charge in [0.1, 0.15) is 5.41 Å². The molecule has 4 saturated carbocycles. The summed E-state index contributed by atoms with van der Waals surface area (Å²) in [6, 6.07) is 0. The van der Waals surface area contributed by atoms with Crippen LogP contribution in [0.4, 0.5) is 0 Å². The van der Waals surface area contributed by atoms with E-state index in [0.29, 0.717) is 5.92 Å². The van der Waals surface area contributed by atoms with Gasteiger partial charge in [-0.05, 0) is 43.9 Å². The lowest BCUT2D eigenvalue weighted by molar-refractivity contribution is -0.152. The molecule has 5 aliphatic rings. The first-order chi connectivity index (χ1) is 6.78. The van der Waals surface area contributed by atoms with Crippen molar-refractivity contribution in [1.82, 2.24) is 0 Å². The Bertz CT molecular complexity index is 346. The van der Waals surface area contributed by atoms with Crippen molar-refractivity contribution in [3.63, 3.8) is 0 Å². The van der Waals surface area contributed by atoms with Crippen molar-refractivity contribution in [2.75, 3.05) is 0 Å². The van der Waals surface area contributed by atoms with E-state index in [2.05, 4.69) is 5.16 Å². The highest BCUT2D eigenvalue weighted by Gasteiger charge is 2.62. The van der Waals surface area contributed by atoms with Crippen molar-refractivity contribution in [2.45, 2.75) is 32.1 Å². The predicted molar refractivity (Wildman–Crippen MR) is 49.5 cm³/mol. The Labute approximate surface area is 82.5 Å². The molecule has 1 aliphatic heterocycles. The number of nitrogens with zero attached hydrogens (tertiary/aromatic N) is 1. The van der Waals surface area contributed by atoms with Gasteiger partial charge in [-0.25, -0.2) is 4.79 Å². The van der Waals surface area contributed by atoms with Crippen molar-refractivity contribution in [1.29, 1.82) is 0 Å². The summed E-state index contributed by atoms with van der Waals surface area (Å²) in [5.41, 5.74) is 0.865.